The number of rotatable bonds is 6. The Kier molecular flexibility index (Phi) is 6.52. The van der Waals surface area contributed by atoms with E-state index in [1.165, 1.54) is 31.9 Å². The van der Waals surface area contributed by atoms with E-state index in [-0.39, 0.29) is 23.1 Å². The maximum Gasteiger partial charge on any atom is 0.291 e. The predicted molar refractivity (Wildman–Crippen MR) is 110 cm³/mol. The fraction of sp³-hybridized carbons (Fsp3) is 0.455. The molecule has 0 bridgehead atoms. The highest BCUT2D eigenvalue weighted by Gasteiger charge is 2.33. The van der Waals surface area contributed by atoms with Crippen molar-refractivity contribution in [3.05, 3.63) is 54.0 Å². The highest BCUT2D eigenvalue weighted by Crippen LogP contribution is 2.30. The van der Waals surface area contributed by atoms with Crippen LogP contribution in [0.4, 0.5) is 5.69 Å². The van der Waals surface area contributed by atoms with Gasteiger partial charge in [-0.05, 0) is 63.3 Å². The topological polar surface area (TPSA) is 74.6 Å². The van der Waals surface area contributed by atoms with Gasteiger partial charge in [-0.2, -0.15) is 0 Å². The summed E-state index contributed by atoms with van der Waals surface area (Å²) in [5, 5.41) is 5.87. The second kappa shape index (κ2) is 9.06. The van der Waals surface area contributed by atoms with Crippen LogP contribution in [0.3, 0.4) is 0 Å². The Morgan fingerprint density at radius 3 is 2.25 bits per heavy atom. The summed E-state index contributed by atoms with van der Waals surface area (Å²) in [5.74, 6) is -0.155. The van der Waals surface area contributed by atoms with E-state index in [4.69, 9.17) is 4.42 Å². The number of hydrogen-bond donors (Lipinski definition) is 2. The van der Waals surface area contributed by atoms with Crippen LogP contribution in [0.1, 0.15) is 59.4 Å². The van der Waals surface area contributed by atoms with Gasteiger partial charge in [0.25, 0.3) is 11.8 Å². The van der Waals surface area contributed by atoms with Crippen molar-refractivity contribution in [1.29, 1.82) is 0 Å². The Morgan fingerprint density at radius 1 is 1.00 bits per heavy atom. The molecule has 1 aromatic carbocycles. The highest BCUT2D eigenvalue weighted by molar-refractivity contribution is 6.02. The standard InChI is InChI=1S/C22H29N3O3/c1-25(2)22(13-5-3-4-6-14-22)16-23-20(26)17-9-11-18(12-10-17)24-21(27)19-8-7-15-28-19/h7-12,15H,3-6,13-14,16H2,1-2H3,(H,23,26)(H,24,27). The first-order chi connectivity index (χ1) is 13.5. The lowest BCUT2D eigenvalue weighted by Gasteiger charge is -2.39. The quantitative estimate of drug-likeness (QED) is 0.742. The third kappa shape index (κ3) is 4.81. The number of hydrogen-bond acceptors (Lipinski definition) is 4. The molecular formula is C22H29N3O3. The molecule has 2 aromatic rings. The van der Waals surface area contributed by atoms with Crippen molar-refractivity contribution in [3.8, 4) is 0 Å². The van der Waals surface area contributed by atoms with Crippen molar-refractivity contribution >= 4 is 17.5 Å². The summed E-state index contributed by atoms with van der Waals surface area (Å²) in [5.41, 5.74) is 1.23. The molecule has 1 aliphatic rings. The molecule has 0 aliphatic heterocycles. The Bertz CT molecular complexity index is 774. The molecule has 1 heterocycles. The Balaban J connectivity index is 1.59. The number of carbonyl (C=O) groups is 2. The third-order valence-corrected chi connectivity index (χ3v) is 5.71. The fourth-order valence-electron chi connectivity index (χ4n) is 3.82. The largest absolute Gasteiger partial charge is 0.459 e. The van der Waals surface area contributed by atoms with Crippen molar-refractivity contribution in [2.75, 3.05) is 26.0 Å². The summed E-state index contributed by atoms with van der Waals surface area (Å²) in [6.07, 6.45) is 8.63. The first-order valence-corrected chi connectivity index (χ1v) is 9.91. The van der Waals surface area contributed by atoms with E-state index in [2.05, 4.69) is 29.6 Å². The van der Waals surface area contributed by atoms with Crippen molar-refractivity contribution in [2.45, 2.75) is 44.1 Å². The minimum absolute atomic E-state index is 0.0309. The molecule has 0 radical (unpaired) electrons. The minimum atomic E-state index is -0.316. The average molecular weight is 383 g/mol. The van der Waals surface area contributed by atoms with Crippen molar-refractivity contribution in [1.82, 2.24) is 10.2 Å². The Hall–Kier alpha value is -2.60. The van der Waals surface area contributed by atoms with Crippen LogP contribution < -0.4 is 10.6 Å². The molecular weight excluding hydrogens is 354 g/mol. The summed E-state index contributed by atoms with van der Waals surface area (Å²) in [6.45, 7) is 0.649. The Morgan fingerprint density at radius 2 is 1.68 bits per heavy atom. The normalized spacial score (nSPS) is 16.4. The maximum atomic E-state index is 12.6. The molecule has 1 aliphatic carbocycles. The lowest BCUT2D eigenvalue weighted by atomic mass is 9.88. The van der Waals surface area contributed by atoms with E-state index in [1.54, 1.807) is 36.4 Å². The minimum Gasteiger partial charge on any atom is -0.459 e. The second-order valence-electron chi connectivity index (χ2n) is 7.72. The number of benzene rings is 1. The van der Waals surface area contributed by atoms with Crippen LogP contribution in [0.15, 0.2) is 47.1 Å². The number of amides is 2. The molecule has 150 valence electrons. The summed E-state index contributed by atoms with van der Waals surface area (Å²) in [7, 11) is 4.21. The van der Waals surface area contributed by atoms with Crippen LogP contribution in [0.2, 0.25) is 0 Å². The molecule has 2 amide bonds. The number of nitrogens with one attached hydrogen (secondary N) is 2. The Labute approximate surface area is 166 Å². The number of anilines is 1. The number of furan rings is 1. The van der Waals surface area contributed by atoms with Gasteiger partial charge in [0.2, 0.25) is 0 Å². The van der Waals surface area contributed by atoms with Gasteiger partial charge in [-0.15, -0.1) is 0 Å². The molecule has 3 rings (SSSR count). The highest BCUT2D eigenvalue weighted by atomic mass is 16.3. The van der Waals surface area contributed by atoms with E-state index >= 15 is 0 Å². The van der Waals surface area contributed by atoms with E-state index in [9.17, 15) is 9.59 Å². The monoisotopic (exact) mass is 383 g/mol. The summed E-state index contributed by atoms with van der Waals surface area (Å²) >= 11 is 0. The summed E-state index contributed by atoms with van der Waals surface area (Å²) < 4.78 is 5.08. The molecule has 28 heavy (non-hydrogen) atoms. The lowest BCUT2D eigenvalue weighted by molar-refractivity contribution is 0.0869. The first-order valence-electron chi connectivity index (χ1n) is 9.91. The molecule has 0 atom stereocenters. The molecule has 6 heteroatoms. The van der Waals surface area contributed by atoms with Crippen molar-refractivity contribution in [2.24, 2.45) is 0 Å². The van der Waals surface area contributed by atoms with Crippen LogP contribution in [-0.2, 0) is 0 Å². The first kappa shape index (κ1) is 20.1. The molecule has 0 unspecified atom stereocenters. The van der Waals surface area contributed by atoms with Gasteiger partial charge in [-0.3, -0.25) is 9.59 Å². The average Bonchev–Trinajstić information content (AvgIpc) is 3.12. The van der Waals surface area contributed by atoms with Crippen molar-refractivity contribution < 1.29 is 14.0 Å². The number of carbonyl (C=O) groups excluding carboxylic acids is 2. The molecule has 1 fully saturated rings. The number of nitrogens with zero attached hydrogens (tertiary/aromatic N) is 1. The van der Waals surface area contributed by atoms with Crippen LogP contribution in [0.25, 0.3) is 0 Å². The van der Waals surface area contributed by atoms with Gasteiger partial charge in [0.1, 0.15) is 0 Å². The van der Waals surface area contributed by atoms with Crippen LogP contribution in [0.5, 0.6) is 0 Å². The van der Waals surface area contributed by atoms with Gasteiger partial charge in [0.05, 0.1) is 6.26 Å². The summed E-state index contributed by atoms with van der Waals surface area (Å²) in [4.78, 5) is 26.9. The zero-order chi connectivity index (χ0) is 20.0. The lowest BCUT2D eigenvalue weighted by Crippen LogP contribution is -2.52. The van der Waals surface area contributed by atoms with E-state index < -0.39 is 0 Å². The van der Waals surface area contributed by atoms with Gasteiger partial charge >= 0.3 is 0 Å². The zero-order valence-corrected chi connectivity index (χ0v) is 16.7. The van der Waals surface area contributed by atoms with Gasteiger partial charge in [0.15, 0.2) is 5.76 Å². The van der Waals surface area contributed by atoms with Crippen molar-refractivity contribution in [3.63, 3.8) is 0 Å². The smallest absolute Gasteiger partial charge is 0.291 e. The SMILES string of the molecule is CN(C)C1(CNC(=O)c2ccc(NC(=O)c3ccco3)cc2)CCCCCC1. The molecule has 2 N–H and O–H groups in total. The molecule has 0 spiro atoms. The van der Waals surface area contributed by atoms with E-state index in [1.807, 2.05) is 0 Å². The van der Waals surface area contributed by atoms with Crippen LogP contribution in [-0.4, -0.2) is 42.9 Å². The van der Waals surface area contributed by atoms with Gasteiger partial charge in [-0.1, -0.05) is 25.7 Å². The van der Waals surface area contributed by atoms with E-state index in [0.717, 1.165) is 12.8 Å². The third-order valence-electron chi connectivity index (χ3n) is 5.71. The fourth-order valence-corrected chi connectivity index (χ4v) is 3.82. The van der Waals surface area contributed by atoms with Gasteiger partial charge < -0.3 is 20.0 Å². The molecule has 1 aromatic heterocycles. The zero-order valence-electron chi connectivity index (χ0n) is 16.7. The van der Waals surface area contributed by atoms with Crippen LogP contribution >= 0.6 is 0 Å². The predicted octanol–water partition coefficient (Wildman–Crippen LogP) is 3.92. The second-order valence-corrected chi connectivity index (χ2v) is 7.72. The van der Waals surface area contributed by atoms with Gasteiger partial charge in [0, 0.05) is 23.3 Å². The maximum absolute atomic E-state index is 12.6. The molecule has 0 saturated heterocycles. The van der Waals surface area contributed by atoms with Crippen LogP contribution in [0, 0.1) is 0 Å². The van der Waals surface area contributed by atoms with Gasteiger partial charge in [-0.25, -0.2) is 0 Å². The number of likely N-dealkylation sites (N-methyl/N-ethyl adjacent to an activating group) is 1. The molecule has 1 saturated carbocycles. The molecule has 6 nitrogen and oxygen atoms in total. The van der Waals surface area contributed by atoms with E-state index in [0.29, 0.717) is 17.8 Å². The summed E-state index contributed by atoms with van der Waals surface area (Å²) in [6, 6.07) is 10.2.